The molecule has 2 aliphatic heterocycles. The maximum Gasteiger partial charge on any atom is 0.295 e. The molecule has 168 valence electrons. The van der Waals surface area contributed by atoms with Crippen LogP contribution >= 0.6 is 11.6 Å². The molecule has 0 aliphatic carbocycles. The summed E-state index contributed by atoms with van der Waals surface area (Å²) in [6, 6.07) is 8.99. The van der Waals surface area contributed by atoms with Gasteiger partial charge in [0.15, 0.2) is 11.5 Å². The molecule has 0 radical (unpaired) electrons. The fourth-order valence-electron chi connectivity index (χ4n) is 3.84. The Morgan fingerprint density at radius 3 is 2.59 bits per heavy atom. The van der Waals surface area contributed by atoms with Crippen molar-refractivity contribution in [3.8, 4) is 17.2 Å². The Labute approximate surface area is 189 Å². The Hall–Kier alpha value is -3.23. The van der Waals surface area contributed by atoms with Gasteiger partial charge >= 0.3 is 0 Å². The second kappa shape index (κ2) is 9.10. The number of methoxy groups -OCH3 is 2. The van der Waals surface area contributed by atoms with E-state index in [1.54, 1.807) is 30.3 Å². The third kappa shape index (κ3) is 3.87. The molecule has 0 bridgehead atoms. The maximum atomic E-state index is 13.0. The topological polar surface area (TPSA) is 94.5 Å². The first-order valence-electron chi connectivity index (χ1n) is 9.97. The summed E-state index contributed by atoms with van der Waals surface area (Å²) in [6.07, 6.45) is 0. The van der Waals surface area contributed by atoms with Crippen LogP contribution in [-0.2, 0) is 14.3 Å². The van der Waals surface area contributed by atoms with E-state index in [0.717, 1.165) is 0 Å². The lowest BCUT2D eigenvalue weighted by molar-refractivity contribution is -0.140. The minimum absolute atomic E-state index is 0.0350. The van der Waals surface area contributed by atoms with Gasteiger partial charge in [-0.1, -0.05) is 17.7 Å². The number of rotatable bonds is 6. The zero-order valence-electron chi connectivity index (χ0n) is 17.6. The standard InChI is InChI=1S/C23H22ClNO7/c1-29-8-7-25-20(13-4-6-16-18(11-13)32-10-9-31-16)19(22(27)23(25)28)21(26)14-3-5-15(24)17(12-14)30-2/h3-6,11-12,20,26H,7-10H2,1-2H3/b21-19-. The smallest absolute Gasteiger partial charge is 0.295 e. The van der Waals surface area contributed by atoms with E-state index in [9.17, 15) is 14.7 Å². The number of aliphatic hydroxyl groups excluding tert-OH is 1. The van der Waals surface area contributed by atoms with Crippen LogP contribution in [0.15, 0.2) is 42.0 Å². The number of aliphatic hydroxyl groups is 1. The number of carbonyl (C=O) groups is 2. The molecular formula is C23H22ClNO7. The predicted molar refractivity (Wildman–Crippen MR) is 116 cm³/mol. The second-order valence-electron chi connectivity index (χ2n) is 7.24. The van der Waals surface area contributed by atoms with E-state index in [2.05, 4.69) is 0 Å². The molecule has 1 unspecified atom stereocenters. The van der Waals surface area contributed by atoms with Gasteiger partial charge in [-0.3, -0.25) is 9.59 Å². The van der Waals surface area contributed by atoms with Crippen molar-refractivity contribution in [2.75, 3.05) is 40.6 Å². The van der Waals surface area contributed by atoms with E-state index < -0.39 is 17.7 Å². The third-order valence-electron chi connectivity index (χ3n) is 5.38. The van der Waals surface area contributed by atoms with Crippen molar-refractivity contribution in [2.24, 2.45) is 0 Å². The monoisotopic (exact) mass is 459 g/mol. The Morgan fingerprint density at radius 2 is 1.88 bits per heavy atom. The summed E-state index contributed by atoms with van der Waals surface area (Å²) in [4.78, 5) is 27.3. The first-order valence-corrected chi connectivity index (χ1v) is 10.3. The SMILES string of the molecule is COCCN1C(=O)C(=O)/C(=C(\O)c2ccc(Cl)c(OC)c2)C1c1ccc2c(c1)OCCO2. The average Bonchev–Trinajstić information content (AvgIpc) is 3.07. The van der Waals surface area contributed by atoms with Crippen LogP contribution < -0.4 is 14.2 Å². The first-order chi connectivity index (χ1) is 15.5. The zero-order valence-corrected chi connectivity index (χ0v) is 18.3. The first kappa shape index (κ1) is 22.0. The Balaban J connectivity index is 1.86. The molecule has 2 aliphatic rings. The number of benzene rings is 2. The van der Waals surface area contributed by atoms with Crippen molar-refractivity contribution in [3.05, 3.63) is 58.1 Å². The summed E-state index contributed by atoms with van der Waals surface area (Å²) in [5, 5.41) is 11.5. The summed E-state index contributed by atoms with van der Waals surface area (Å²) >= 11 is 6.09. The number of fused-ring (bicyclic) bond motifs is 1. The number of Topliss-reactive ketones (excluding diaryl/α,β-unsaturated/α-hetero) is 1. The summed E-state index contributed by atoms with van der Waals surface area (Å²) in [5.74, 6) is -0.398. The van der Waals surface area contributed by atoms with E-state index in [0.29, 0.717) is 46.6 Å². The lowest BCUT2D eigenvalue weighted by Crippen LogP contribution is -2.32. The summed E-state index contributed by atoms with van der Waals surface area (Å²) in [7, 11) is 2.96. The number of halogens is 1. The molecule has 9 heteroatoms. The summed E-state index contributed by atoms with van der Waals surface area (Å²) < 4.78 is 21.6. The van der Waals surface area contributed by atoms with Gasteiger partial charge in [0.25, 0.3) is 11.7 Å². The molecule has 0 aromatic heterocycles. The number of likely N-dealkylation sites (tertiary alicyclic amines) is 1. The molecule has 0 spiro atoms. The molecule has 2 aromatic carbocycles. The molecule has 2 heterocycles. The van der Waals surface area contributed by atoms with Crippen molar-refractivity contribution in [1.82, 2.24) is 4.90 Å². The minimum atomic E-state index is -0.831. The highest BCUT2D eigenvalue weighted by Gasteiger charge is 2.46. The van der Waals surface area contributed by atoms with Gasteiger partial charge in [0, 0.05) is 19.2 Å². The average molecular weight is 460 g/mol. The van der Waals surface area contributed by atoms with Crippen LogP contribution in [0.3, 0.4) is 0 Å². The molecule has 4 rings (SSSR count). The molecule has 1 fully saturated rings. The predicted octanol–water partition coefficient (Wildman–Crippen LogP) is 3.19. The molecule has 1 amide bonds. The highest BCUT2D eigenvalue weighted by Crippen LogP contribution is 2.43. The van der Waals surface area contributed by atoms with Gasteiger partial charge < -0.3 is 29.0 Å². The van der Waals surface area contributed by atoms with Gasteiger partial charge in [0.05, 0.1) is 30.4 Å². The van der Waals surface area contributed by atoms with E-state index in [1.807, 2.05) is 0 Å². The van der Waals surface area contributed by atoms with Gasteiger partial charge in [-0.05, 0) is 35.9 Å². The lowest BCUT2D eigenvalue weighted by atomic mass is 9.95. The molecule has 1 saturated heterocycles. The van der Waals surface area contributed by atoms with Gasteiger partial charge in [-0.25, -0.2) is 0 Å². The number of ketones is 1. The van der Waals surface area contributed by atoms with Gasteiger partial charge in [0.2, 0.25) is 0 Å². The molecule has 1 atom stereocenters. The highest BCUT2D eigenvalue weighted by molar-refractivity contribution is 6.46. The summed E-state index contributed by atoms with van der Waals surface area (Å²) in [5.41, 5.74) is 0.873. The number of ether oxygens (including phenoxy) is 4. The molecule has 8 nitrogen and oxygen atoms in total. The second-order valence-corrected chi connectivity index (χ2v) is 7.64. The van der Waals surface area contributed by atoms with Crippen LogP contribution in [0, 0.1) is 0 Å². The van der Waals surface area contributed by atoms with Crippen LogP contribution in [0.25, 0.3) is 5.76 Å². The number of nitrogens with zero attached hydrogens (tertiary/aromatic N) is 1. The van der Waals surface area contributed by atoms with Crippen molar-refractivity contribution in [3.63, 3.8) is 0 Å². The van der Waals surface area contributed by atoms with E-state index >= 15 is 0 Å². The zero-order chi connectivity index (χ0) is 22.8. The van der Waals surface area contributed by atoms with E-state index in [1.165, 1.54) is 25.2 Å². The molecular weight excluding hydrogens is 438 g/mol. The quantitative estimate of drug-likeness (QED) is 0.402. The van der Waals surface area contributed by atoms with Gasteiger partial charge in [-0.2, -0.15) is 0 Å². The Morgan fingerprint density at radius 1 is 1.12 bits per heavy atom. The van der Waals surface area contributed by atoms with Crippen LogP contribution in [-0.4, -0.2) is 62.3 Å². The fourth-order valence-corrected chi connectivity index (χ4v) is 4.03. The highest BCUT2D eigenvalue weighted by atomic mass is 35.5. The van der Waals surface area contributed by atoms with Gasteiger partial charge in [0.1, 0.15) is 24.7 Å². The summed E-state index contributed by atoms with van der Waals surface area (Å²) in [6.45, 7) is 1.23. The Bertz CT molecular complexity index is 1100. The van der Waals surface area contributed by atoms with Gasteiger partial charge in [-0.15, -0.1) is 0 Å². The Kier molecular flexibility index (Phi) is 6.25. The lowest BCUT2D eigenvalue weighted by Gasteiger charge is -2.26. The number of carbonyl (C=O) groups excluding carboxylic acids is 2. The van der Waals surface area contributed by atoms with E-state index in [4.69, 9.17) is 30.5 Å². The molecule has 2 aromatic rings. The number of amides is 1. The van der Waals surface area contributed by atoms with Crippen LogP contribution in [0.5, 0.6) is 17.2 Å². The fraction of sp³-hybridized carbons (Fsp3) is 0.304. The van der Waals surface area contributed by atoms with Crippen molar-refractivity contribution in [1.29, 1.82) is 0 Å². The number of hydrogen-bond acceptors (Lipinski definition) is 7. The molecule has 32 heavy (non-hydrogen) atoms. The molecule has 1 N–H and O–H groups in total. The van der Waals surface area contributed by atoms with Crippen molar-refractivity contribution >= 4 is 29.1 Å². The van der Waals surface area contributed by atoms with Crippen molar-refractivity contribution in [2.45, 2.75) is 6.04 Å². The van der Waals surface area contributed by atoms with E-state index in [-0.39, 0.29) is 24.5 Å². The van der Waals surface area contributed by atoms with Crippen LogP contribution in [0.2, 0.25) is 5.02 Å². The third-order valence-corrected chi connectivity index (χ3v) is 5.70. The normalized spacial score (nSPS) is 19.3. The number of hydrogen-bond donors (Lipinski definition) is 1. The van der Waals surface area contributed by atoms with Crippen LogP contribution in [0.1, 0.15) is 17.2 Å². The van der Waals surface area contributed by atoms with Crippen LogP contribution in [0.4, 0.5) is 0 Å². The minimum Gasteiger partial charge on any atom is -0.507 e. The maximum absolute atomic E-state index is 13.0. The van der Waals surface area contributed by atoms with Crippen molar-refractivity contribution < 1.29 is 33.6 Å². The largest absolute Gasteiger partial charge is 0.507 e. The molecule has 0 saturated carbocycles.